The van der Waals surface area contributed by atoms with Gasteiger partial charge in [0.05, 0.1) is 5.02 Å². The average molecular weight is 318 g/mol. The second-order valence-corrected chi connectivity index (χ2v) is 5.96. The van der Waals surface area contributed by atoms with Crippen molar-refractivity contribution in [1.82, 2.24) is 4.90 Å². The molecule has 1 fully saturated rings. The second-order valence-electron chi connectivity index (χ2n) is 5.12. The Kier molecular flexibility index (Phi) is 6.43. The molecule has 1 saturated heterocycles. The second kappa shape index (κ2) is 8.08. The number of aliphatic hydroxyl groups is 1. The molecule has 1 atom stereocenters. The van der Waals surface area contributed by atoms with Crippen molar-refractivity contribution in [2.75, 3.05) is 26.3 Å². The van der Waals surface area contributed by atoms with Gasteiger partial charge in [-0.3, -0.25) is 4.90 Å². The van der Waals surface area contributed by atoms with Crippen LogP contribution in [0, 0.1) is 0 Å². The molecule has 2 rings (SSSR count). The number of halogens is 2. The number of ether oxygens (including phenoxy) is 1. The molecule has 1 aliphatic rings. The molecule has 1 aromatic rings. The number of benzene rings is 1. The summed E-state index contributed by atoms with van der Waals surface area (Å²) in [6.07, 6.45) is 4.48. The first-order chi connectivity index (χ1) is 9.70. The van der Waals surface area contributed by atoms with E-state index >= 15 is 0 Å². The summed E-state index contributed by atoms with van der Waals surface area (Å²) in [4.78, 5) is 2.40. The van der Waals surface area contributed by atoms with Gasteiger partial charge >= 0.3 is 0 Å². The van der Waals surface area contributed by atoms with Gasteiger partial charge in [-0.25, -0.2) is 0 Å². The maximum atomic E-state index is 9.12. The lowest BCUT2D eigenvalue weighted by atomic mass is 10.00. The van der Waals surface area contributed by atoms with E-state index in [4.69, 9.17) is 33.0 Å². The van der Waals surface area contributed by atoms with E-state index in [9.17, 15) is 0 Å². The first-order valence-corrected chi connectivity index (χ1v) is 7.89. The maximum Gasteiger partial charge on any atom is 0.139 e. The zero-order chi connectivity index (χ0) is 14.4. The summed E-state index contributed by atoms with van der Waals surface area (Å²) < 4.78 is 5.73. The monoisotopic (exact) mass is 317 g/mol. The van der Waals surface area contributed by atoms with Crippen LogP contribution in [0.4, 0.5) is 0 Å². The van der Waals surface area contributed by atoms with Crippen LogP contribution in [0.2, 0.25) is 10.0 Å². The highest BCUT2D eigenvalue weighted by molar-refractivity contribution is 6.34. The average Bonchev–Trinajstić information content (AvgIpc) is 2.45. The minimum atomic E-state index is 0.252. The van der Waals surface area contributed by atoms with E-state index in [1.807, 2.05) is 0 Å². The van der Waals surface area contributed by atoms with E-state index in [0.29, 0.717) is 28.4 Å². The summed E-state index contributed by atoms with van der Waals surface area (Å²) in [7, 11) is 0. The number of likely N-dealkylation sites (tertiary alicyclic amines) is 1. The standard InChI is InChI=1S/C15H21Cl2NO2/c16-12-4-5-14(17)15(11-12)20-10-8-18-7-2-1-3-13(18)6-9-19/h4-5,11,13,19H,1-3,6-10H2. The zero-order valence-electron chi connectivity index (χ0n) is 11.5. The number of piperidine rings is 1. The molecule has 0 radical (unpaired) electrons. The van der Waals surface area contributed by atoms with E-state index in [-0.39, 0.29) is 6.61 Å². The van der Waals surface area contributed by atoms with Crippen LogP contribution < -0.4 is 4.74 Å². The van der Waals surface area contributed by atoms with Crippen molar-refractivity contribution in [3.8, 4) is 5.75 Å². The summed E-state index contributed by atoms with van der Waals surface area (Å²) in [5, 5.41) is 10.3. The fourth-order valence-electron chi connectivity index (χ4n) is 2.69. The van der Waals surface area contributed by atoms with Crippen LogP contribution in [0.25, 0.3) is 0 Å². The largest absolute Gasteiger partial charge is 0.491 e. The third-order valence-electron chi connectivity index (χ3n) is 3.74. The van der Waals surface area contributed by atoms with Crippen molar-refractivity contribution >= 4 is 23.2 Å². The van der Waals surface area contributed by atoms with E-state index < -0.39 is 0 Å². The number of rotatable bonds is 6. The molecular formula is C15H21Cl2NO2. The highest BCUT2D eigenvalue weighted by atomic mass is 35.5. The van der Waals surface area contributed by atoms with E-state index in [2.05, 4.69) is 4.90 Å². The lowest BCUT2D eigenvalue weighted by Crippen LogP contribution is -2.42. The number of aliphatic hydroxyl groups excluding tert-OH is 1. The molecule has 0 amide bonds. The summed E-state index contributed by atoms with van der Waals surface area (Å²) in [6, 6.07) is 5.71. The van der Waals surface area contributed by atoms with Crippen LogP contribution >= 0.6 is 23.2 Å². The SMILES string of the molecule is OCCC1CCCCN1CCOc1cc(Cl)ccc1Cl. The van der Waals surface area contributed by atoms with Gasteiger partial charge in [0.15, 0.2) is 0 Å². The number of hydrogen-bond acceptors (Lipinski definition) is 3. The molecule has 1 unspecified atom stereocenters. The maximum absolute atomic E-state index is 9.12. The molecule has 0 bridgehead atoms. The summed E-state index contributed by atoms with van der Waals surface area (Å²) in [5.41, 5.74) is 0. The minimum absolute atomic E-state index is 0.252. The van der Waals surface area contributed by atoms with Crippen LogP contribution in [-0.2, 0) is 0 Å². The van der Waals surface area contributed by atoms with E-state index in [0.717, 1.165) is 19.5 Å². The lowest BCUT2D eigenvalue weighted by molar-refractivity contribution is 0.102. The van der Waals surface area contributed by atoms with Crippen molar-refractivity contribution in [1.29, 1.82) is 0 Å². The molecular weight excluding hydrogens is 297 g/mol. The van der Waals surface area contributed by atoms with Gasteiger partial charge in [-0.1, -0.05) is 29.6 Å². The van der Waals surface area contributed by atoms with Crippen molar-refractivity contribution < 1.29 is 9.84 Å². The Morgan fingerprint density at radius 2 is 2.15 bits per heavy atom. The molecule has 1 aromatic carbocycles. The summed E-state index contributed by atoms with van der Waals surface area (Å²) in [6.45, 7) is 2.77. The first kappa shape index (κ1) is 15.9. The van der Waals surface area contributed by atoms with Crippen LogP contribution in [-0.4, -0.2) is 42.4 Å². The fourth-order valence-corrected chi connectivity index (χ4v) is 3.03. The Balaban J connectivity index is 1.83. The molecule has 20 heavy (non-hydrogen) atoms. The number of nitrogens with zero attached hydrogens (tertiary/aromatic N) is 1. The van der Waals surface area contributed by atoms with Gasteiger partial charge in [0.25, 0.3) is 0 Å². The molecule has 0 saturated carbocycles. The van der Waals surface area contributed by atoms with Gasteiger partial charge in [-0.2, -0.15) is 0 Å². The minimum Gasteiger partial charge on any atom is -0.491 e. The Morgan fingerprint density at radius 1 is 1.30 bits per heavy atom. The van der Waals surface area contributed by atoms with Crippen molar-refractivity contribution in [2.45, 2.75) is 31.7 Å². The highest BCUT2D eigenvalue weighted by Crippen LogP contribution is 2.27. The topological polar surface area (TPSA) is 32.7 Å². The van der Waals surface area contributed by atoms with Crippen LogP contribution in [0.3, 0.4) is 0 Å². The van der Waals surface area contributed by atoms with Crippen LogP contribution in [0.5, 0.6) is 5.75 Å². The molecule has 1 aliphatic heterocycles. The van der Waals surface area contributed by atoms with Gasteiger partial charge in [-0.15, -0.1) is 0 Å². The smallest absolute Gasteiger partial charge is 0.139 e. The van der Waals surface area contributed by atoms with Gasteiger partial charge in [0.1, 0.15) is 12.4 Å². The Hall–Kier alpha value is -0.480. The van der Waals surface area contributed by atoms with Gasteiger partial charge in [0.2, 0.25) is 0 Å². The Bertz CT molecular complexity index is 426. The molecule has 0 aliphatic carbocycles. The summed E-state index contributed by atoms with van der Waals surface area (Å²) >= 11 is 12.0. The third kappa shape index (κ3) is 4.52. The molecule has 1 N–H and O–H groups in total. The van der Waals surface area contributed by atoms with Crippen molar-refractivity contribution in [3.05, 3.63) is 28.2 Å². The van der Waals surface area contributed by atoms with E-state index in [1.165, 1.54) is 19.3 Å². The molecule has 5 heteroatoms. The van der Waals surface area contributed by atoms with Gasteiger partial charge in [-0.05, 0) is 37.9 Å². The quantitative estimate of drug-likeness (QED) is 0.870. The Labute approximate surface area is 130 Å². The molecule has 0 spiro atoms. The molecule has 0 aromatic heterocycles. The zero-order valence-corrected chi connectivity index (χ0v) is 13.0. The van der Waals surface area contributed by atoms with Crippen molar-refractivity contribution in [3.63, 3.8) is 0 Å². The molecule has 1 heterocycles. The predicted molar refractivity (Wildman–Crippen MR) is 82.9 cm³/mol. The Morgan fingerprint density at radius 3 is 2.95 bits per heavy atom. The van der Waals surface area contributed by atoms with Gasteiger partial charge < -0.3 is 9.84 Å². The van der Waals surface area contributed by atoms with Gasteiger partial charge in [0, 0.05) is 30.3 Å². The molecule has 112 valence electrons. The van der Waals surface area contributed by atoms with Crippen molar-refractivity contribution in [2.24, 2.45) is 0 Å². The first-order valence-electron chi connectivity index (χ1n) is 7.13. The predicted octanol–water partition coefficient (Wildman–Crippen LogP) is 3.61. The number of hydrogen-bond donors (Lipinski definition) is 1. The van der Waals surface area contributed by atoms with Crippen LogP contribution in [0.15, 0.2) is 18.2 Å². The summed E-state index contributed by atoms with van der Waals surface area (Å²) in [5.74, 6) is 0.634. The lowest BCUT2D eigenvalue weighted by Gasteiger charge is -2.35. The normalized spacial score (nSPS) is 20.1. The van der Waals surface area contributed by atoms with E-state index in [1.54, 1.807) is 18.2 Å². The fraction of sp³-hybridized carbons (Fsp3) is 0.600. The molecule has 3 nitrogen and oxygen atoms in total. The highest BCUT2D eigenvalue weighted by Gasteiger charge is 2.21. The van der Waals surface area contributed by atoms with Crippen LogP contribution in [0.1, 0.15) is 25.7 Å². The third-order valence-corrected chi connectivity index (χ3v) is 4.29.